The molecule has 1 aromatic heterocycles. The molecule has 0 saturated carbocycles. The number of carbonyl (C=O) groups is 1. The number of ether oxygens (including phenoxy) is 2. The van der Waals surface area contributed by atoms with Gasteiger partial charge in [0.25, 0.3) is 5.91 Å². The van der Waals surface area contributed by atoms with Crippen molar-refractivity contribution < 1.29 is 41.3 Å². The molecule has 9 nitrogen and oxygen atoms in total. The summed E-state index contributed by atoms with van der Waals surface area (Å²) in [4.78, 5) is 12.6. The maximum absolute atomic E-state index is 14.3. The highest BCUT2D eigenvalue weighted by Crippen LogP contribution is 2.40. The van der Waals surface area contributed by atoms with Gasteiger partial charge in [-0.2, -0.15) is 4.68 Å². The van der Waals surface area contributed by atoms with E-state index in [1.807, 2.05) is 78.9 Å². The number of hydrogen-bond acceptors (Lipinski definition) is 8. The Kier molecular flexibility index (Phi) is 11.1. The lowest BCUT2D eigenvalue weighted by Crippen LogP contribution is -2.31. The van der Waals surface area contributed by atoms with Gasteiger partial charge in [0.2, 0.25) is 11.0 Å². The van der Waals surface area contributed by atoms with E-state index in [1.54, 1.807) is 28.9 Å². The van der Waals surface area contributed by atoms with Gasteiger partial charge in [0, 0.05) is 24.3 Å². The minimum Gasteiger partial charge on any atom is -0.392 e. The zero-order valence-electron chi connectivity index (χ0n) is 28.1. The number of carbonyl (C=O) groups excluding carboxylic acids is 1. The summed E-state index contributed by atoms with van der Waals surface area (Å²) >= 11 is 1.45. The van der Waals surface area contributed by atoms with E-state index in [1.165, 1.54) is 11.8 Å². The number of nitrogens with one attached hydrogen (secondary N) is 1. The second-order valence-corrected chi connectivity index (χ2v) is 13.3. The molecule has 3 unspecified atom stereocenters. The summed E-state index contributed by atoms with van der Waals surface area (Å²) in [5.74, 6) is -12.1. The normalized spacial score (nSPS) is 17.0. The van der Waals surface area contributed by atoms with Crippen molar-refractivity contribution in [1.82, 2.24) is 25.5 Å². The topological polar surface area (TPSA) is 111 Å². The van der Waals surface area contributed by atoms with E-state index in [9.17, 15) is 31.9 Å². The highest BCUT2D eigenvalue weighted by atomic mass is 32.2. The number of benzene rings is 5. The van der Waals surface area contributed by atoms with Gasteiger partial charge < -0.3 is 19.9 Å². The maximum atomic E-state index is 14.3. The SMILES string of the molecule is O=C(NCc1ccccc1-c1ccc(C2OC(CSc3nnnn3-c3ccccc3)CC(c3ccc(CO)cc3)O2)cc1)c1c(F)c(F)c(F)c(F)c1F. The van der Waals surface area contributed by atoms with E-state index in [4.69, 9.17) is 9.47 Å². The molecule has 1 amide bonds. The number of halogens is 5. The molecular formula is C39H30F5N5O4S. The molecule has 6 aromatic rings. The molecule has 0 aliphatic carbocycles. The summed E-state index contributed by atoms with van der Waals surface area (Å²) in [6.07, 6.45) is -0.841. The quantitative estimate of drug-likeness (QED) is 0.0597. The average Bonchev–Trinajstić information content (AvgIpc) is 3.70. The number of nitrogens with zero attached hydrogens (tertiary/aromatic N) is 4. The molecule has 7 rings (SSSR count). The van der Waals surface area contributed by atoms with Gasteiger partial charge in [0.1, 0.15) is 5.56 Å². The minimum atomic E-state index is -2.34. The summed E-state index contributed by atoms with van der Waals surface area (Å²) in [5.41, 5.74) is 3.56. The Morgan fingerprint density at radius 1 is 0.796 bits per heavy atom. The molecule has 3 atom stereocenters. The maximum Gasteiger partial charge on any atom is 0.257 e. The summed E-state index contributed by atoms with van der Waals surface area (Å²) in [6, 6.07) is 31.3. The number of aromatic nitrogens is 4. The van der Waals surface area contributed by atoms with Crippen molar-refractivity contribution in [3.8, 4) is 16.8 Å². The molecule has 0 spiro atoms. The van der Waals surface area contributed by atoms with Crippen molar-refractivity contribution in [3.63, 3.8) is 0 Å². The number of amides is 1. The van der Waals surface area contributed by atoms with Crippen LogP contribution in [-0.4, -0.2) is 43.1 Å². The van der Waals surface area contributed by atoms with Crippen LogP contribution in [0.1, 0.15) is 51.4 Å². The van der Waals surface area contributed by atoms with Crippen molar-refractivity contribution in [2.24, 2.45) is 0 Å². The van der Waals surface area contributed by atoms with Crippen molar-refractivity contribution in [1.29, 1.82) is 0 Å². The number of rotatable bonds is 11. The molecule has 2 N–H and O–H groups in total. The predicted octanol–water partition coefficient (Wildman–Crippen LogP) is 7.78. The summed E-state index contributed by atoms with van der Waals surface area (Å²) in [6.45, 7) is -0.352. The Hall–Kier alpha value is -5.48. The molecule has 5 aromatic carbocycles. The lowest BCUT2D eigenvalue weighted by molar-refractivity contribution is -0.245. The molecule has 1 fully saturated rings. The number of aliphatic hydroxyl groups excluding tert-OH is 1. The van der Waals surface area contributed by atoms with E-state index < -0.39 is 46.8 Å². The second-order valence-electron chi connectivity index (χ2n) is 12.3. The Bertz CT molecular complexity index is 2230. The Morgan fingerprint density at radius 3 is 2.15 bits per heavy atom. The van der Waals surface area contributed by atoms with Crippen LogP contribution in [0, 0.1) is 29.1 Å². The highest BCUT2D eigenvalue weighted by molar-refractivity contribution is 7.99. The van der Waals surface area contributed by atoms with Gasteiger partial charge in [-0.05, 0) is 50.4 Å². The third-order valence-electron chi connectivity index (χ3n) is 8.84. The monoisotopic (exact) mass is 759 g/mol. The third kappa shape index (κ3) is 7.75. The molecular weight excluding hydrogens is 730 g/mol. The first-order valence-corrected chi connectivity index (χ1v) is 17.7. The first-order chi connectivity index (χ1) is 26.2. The van der Waals surface area contributed by atoms with Crippen molar-refractivity contribution in [2.45, 2.75) is 43.2 Å². The fourth-order valence-electron chi connectivity index (χ4n) is 6.03. The molecule has 1 saturated heterocycles. The number of para-hydroxylation sites is 1. The van der Waals surface area contributed by atoms with Crippen LogP contribution in [0.25, 0.3) is 16.8 Å². The minimum absolute atomic E-state index is 0.0832. The smallest absolute Gasteiger partial charge is 0.257 e. The molecule has 276 valence electrons. The van der Waals surface area contributed by atoms with Crippen LogP contribution in [0.4, 0.5) is 22.0 Å². The van der Waals surface area contributed by atoms with Crippen LogP contribution in [0.15, 0.2) is 108 Å². The molecule has 1 aliphatic rings. The van der Waals surface area contributed by atoms with Crippen LogP contribution >= 0.6 is 11.8 Å². The first-order valence-electron chi connectivity index (χ1n) is 16.7. The average molecular weight is 760 g/mol. The third-order valence-corrected chi connectivity index (χ3v) is 9.89. The fourth-order valence-corrected chi connectivity index (χ4v) is 6.94. The molecule has 0 bridgehead atoms. The van der Waals surface area contributed by atoms with Crippen LogP contribution in [0.2, 0.25) is 0 Å². The Labute approximate surface area is 309 Å². The van der Waals surface area contributed by atoms with Gasteiger partial charge in [0.05, 0.1) is 24.5 Å². The summed E-state index contributed by atoms with van der Waals surface area (Å²) in [7, 11) is 0. The highest BCUT2D eigenvalue weighted by Gasteiger charge is 2.33. The van der Waals surface area contributed by atoms with Gasteiger partial charge in [-0.25, -0.2) is 22.0 Å². The van der Waals surface area contributed by atoms with Gasteiger partial charge in [-0.15, -0.1) is 5.10 Å². The number of tetrazole rings is 1. The standard InChI is InChI=1S/C39H30F5N5O4S/c40-32-31(33(41)35(43)36(44)34(32)42)37(51)45-19-26-6-4-5-9-29(26)23-14-16-25(17-15-23)38-52-28(18-30(53-38)24-12-10-22(20-50)11-13-24)21-54-39-46-47-48-49(39)27-7-2-1-3-8-27/h1-17,28,30,38,50H,18-21H2,(H,45,51). The van der Waals surface area contributed by atoms with Gasteiger partial charge in [-0.3, -0.25) is 4.79 Å². The number of thioether (sulfide) groups is 1. The Morgan fingerprint density at radius 2 is 1.44 bits per heavy atom. The fraction of sp³-hybridized carbons (Fsp3) is 0.179. The van der Waals surface area contributed by atoms with E-state index in [2.05, 4.69) is 20.8 Å². The van der Waals surface area contributed by atoms with Gasteiger partial charge >= 0.3 is 0 Å². The van der Waals surface area contributed by atoms with Crippen molar-refractivity contribution in [2.75, 3.05) is 5.75 Å². The van der Waals surface area contributed by atoms with E-state index in [-0.39, 0.29) is 25.4 Å². The zero-order valence-corrected chi connectivity index (χ0v) is 29.0. The number of hydrogen-bond donors (Lipinski definition) is 2. The second kappa shape index (κ2) is 16.3. The lowest BCUT2D eigenvalue weighted by atomic mass is 9.97. The van der Waals surface area contributed by atoms with Gasteiger partial charge in [-0.1, -0.05) is 103 Å². The van der Waals surface area contributed by atoms with Crippen molar-refractivity contribution >= 4 is 17.7 Å². The van der Waals surface area contributed by atoms with Crippen molar-refractivity contribution in [3.05, 3.63) is 160 Å². The Balaban J connectivity index is 1.09. The molecule has 15 heteroatoms. The summed E-state index contributed by atoms with van der Waals surface area (Å²) < 4.78 is 84.1. The zero-order chi connectivity index (χ0) is 37.8. The number of aliphatic hydroxyl groups is 1. The van der Waals surface area contributed by atoms with E-state index >= 15 is 0 Å². The molecule has 0 radical (unpaired) electrons. The van der Waals surface area contributed by atoms with Gasteiger partial charge in [0.15, 0.2) is 29.6 Å². The van der Waals surface area contributed by atoms with Crippen LogP contribution in [0.5, 0.6) is 0 Å². The molecule has 1 aliphatic heterocycles. The lowest BCUT2D eigenvalue weighted by Gasteiger charge is -2.36. The molecule has 54 heavy (non-hydrogen) atoms. The van der Waals surface area contributed by atoms with E-state index in [0.29, 0.717) is 34.0 Å². The first kappa shape index (κ1) is 36.9. The summed E-state index contributed by atoms with van der Waals surface area (Å²) in [5, 5.41) is 24.6. The van der Waals surface area contributed by atoms with Crippen LogP contribution in [-0.2, 0) is 22.6 Å². The van der Waals surface area contributed by atoms with Crippen LogP contribution < -0.4 is 5.32 Å². The predicted molar refractivity (Wildman–Crippen MR) is 188 cm³/mol. The largest absolute Gasteiger partial charge is 0.392 e. The van der Waals surface area contributed by atoms with E-state index in [0.717, 1.165) is 22.4 Å². The van der Waals surface area contributed by atoms with Crippen LogP contribution in [0.3, 0.4) is 0 Å². The molecule has 2 heterocycles.